The largest absolute Gasteiger partial charge is 0.462 e. The Morgan fingerprint density at radius 1 is 1.15 bits per heavy atom. The third kappa shape index (κ3) is 5.76. The van der Waals surface area contributed by atoms with E-state index in [-0.39, 0.29) is 18.2 Å². The number of aryl methyl sites for hydroxylation is 1. The van der Waals surface area contributed by atoms with Gasteiger partial charge in [-0.25, -0.2) is 9.78 Å². The highest BCUT2D eigenvalue weighted by Gasteiger charge is 2.26. The van der Waals surface area contributed by atoms with Crippen LogP contribution in [0, 0.1) is 12.8 Å². The van der Waals surface area contributed by atoms with E-state index in [0.717, 1.165) is 50.7 Å². The second-order valence-corrected chi connectivity index (χ2v) is 9.97. The van der Waals surface area contributed by atoms with Crippen molar-refractivity contribution in [1.29, 1.82) is 0 Å². The molecule has 2 saturated heterocycles. The van der Waals surface area contributed by atoms with Crippen molar-refractivity contribution < 1.29 is 19.7 Å². The number of carbonyl (C=O) groups is 1. The summed E-state index contributed by atoms with van der Waals surface area (Å²) < 4.78 is 5.12. The van der Waals surface area contributed by atoms with E-state index < -0.39 is 0 Å². The molecule has 186 valence electrons. The van der Waals surface area contributed by atoms with Gasteiger partial charge in [-0.1, -0.05) is 11.3 Å². The van der Waals surface area contributed by atoms with Gasteiger partial charge in [-0.3, -0.25) is 5.32 Å². The molecule has 0 aromatic carbocycles. The highest BCUT2D eigenvalue weighted by atomic mass is 32.1. The average Bonchev–Trinajstić information content (AvgIpc) is 3.19. The summed E-state index contributed by atoms with van der Waals surface area (Å²) >= 11 is 1.22. The van der Waals surface area contributed by atoms with Gasteiger partial charge in [-0.15, -0.1) is 0 Å². The number of anilines is 4. The van der Waals surface area contributed by atoms with E-state index >= 15 is 0 Å². The number of esters is 1. The molecule has 4 heterocycles. The Bertz CT molecular complexity index is 984. The second kappa shape index (κ2) is 10.8. The summed E-state index contributed by atoms with van der Waals surface area (Å²) in [6.07, 6.45) is 2.65. The maximum atomic E-state index is 12.2. The van der Waals surface area contributed by atoms with Crippen LogP contribution in [0.2, 0.25) is 0 Å². The highest BCUT2D eigenvalue weighted by Crippen LogP contribution is 2.31. The smallest absolute Gasteiger partial charge is 0.350 e. The first kappa shape index (κ1) is 24.6. The SMILES string of the molecule is CCOC(=O)c1sc(Nc2nc(N3CCC(O)CC3)cc(N3CCC(C(C)O)CC3)n2)nc1C. The Morgan fingerprint density at radius 3 is 2.29 bits per heavy atom. The number of piperidine rings is 2. The average molecular weight is 491 g/mol. The normalized spacial score (nSPS) is 18.7. The molecule has 0 saturated carbocycles. The van der Waals surface area contributed by atoms with Crippen LogP contribution in [0.5, 0.6) is 0 Å². The van der Waals surface area contributed by atoms with E-state index in [9.17, 15) is 15.0 Å². The first-order chi connectivity index (χ1) is 16.3. The van der Waals surface area contributed by atoms with Gasteiger partial charge in [0, 0.05) is 32.2 Å². The summed E-state index contributed by atoms with van der Waals surface area (Å²) in [5.41, 5.74) is 0.604. The molecule has 0 bridgehead atoms. The zero-order valence-corrected chi connectivity index (χ0v) is 20.8. The number of aromatic nitrogens is 3. The first-order valence-corrected chi connectivity index (χ1v) is 12.8. The zero-order valence-electron chi connectivity index (χ0n) is 20.0. The van der Waals surface area contributed by atoms with Crippen molar-refractivity contribution in [1.82, 2.24) is 15.0 Å². The molecule has 1 atom stereocenters. The second-order valence-electron chi connectivity index (χ2n) is 8.97. The molecule has 10 nitrogen and oxygen atoms in total. The lowest BCUT2D eigenvalue weighted by atomic mass is 9.92. The number of rotatable bonds is 7. The summed E-state index contributed by atoms with van der Waals surface area (Å²) in [6.45, 7) is 8.80. The van der Waals surface area contributed by atoms with Gasteiger partial charge in [-0.2, -0.15) is 9.97 Å². The molecule has 0 spiro atoms. The van der Waals surface area contributed by atoms with Gasteiger partial charge in [0.2, 0.25) is 5.95 Å². The van der Waals surface area contributed by atoms with Crippen molar-refractivity contribution >= 4 is 40.0 Å². The van der Waals surface area contributed by atoms with Crippen LogP contribution in [0.1, 0.15) is 54.9 Å². The molecule has 0 amide bonds. The number of nitrogens with one attached hydrogen (secondary N) is 1. The molecular weight excluding hydrogens is 456 g/mol. The van der Waals surface area contributed by atoms with E-state index in [1.807, 2.05) is 13.0 Å². The molecule has 2 fully saturated rings. The van der Waals surface area contributed by atoms with Gasteiger partial charge >= 0.3 is 5.97 Å². The molecule has 0 aliphatic carbocycles. The number of aliphatic hydroxyl groups is 2. The topological polar surface area (TPSA) is 124 Å². The van der Waals surface area contributed by atoms with Crippen molar-refractivity contribution in [3.63, 3.8) is 0 Å². The van der Waals surface area contributed by atoms with E-state index in [4.69, 9.17) is 14.7 Å². The van der Waals surface area contributed by atoms with Crippen LogP contribution < -0.4 is 15.1 Å². The summed E-state index contributed by atoms with van der Waals surface area (Å²) in [4.78, 5) is 31.0. The first-order valence-electron chi connectivity index (χ1n) is 12.0. The predicted molar refractivity (Wildman–Crippen MR) is 132 cm³/mol. The van der Waals surface area contributed by atoms with E-state index in [1.54, 1.807) is 13.8 Å². The molecule has 4 rings (SSSR count). The summed E-state index contributed by atoms with van der Waals surface area (Å²) in [7, 11) is 0. The highest BCUT2D eigenvalue weighted by molar-refractivity contribution is 7.17. The van der Waals surface area contributed by atoms with Crippen molar-refractivity contribution in [3.8, 4) is 0 Å². The van der Waals surface area contributed by atoms with Crippen LogP contribution in [0.3, 0.4) is 0 Å². The molecule has 2 aromatic rings. The maximum absolute atomic E-state index is 12.2. The van der Waals surface area contributed by atoms with Crippen LogP contribution in [0.15, 0.2) is 6.07 Å². The number of aliphatic hydroxyl groups excluding tert-OH is 2. The van der Waals surface area contributed by atoms with Gasteiger partial charge in [0.1, 0.15) is 16.5 Å². The molecule has 1 unspecified atom stereocenters. The number of thiazole rings is 1. The van der Waals surface area contributed by atoms with Crippen molar-refractivity contribution in [2.45, 2.75) is 58.7 Å². The summed E-state index contributed by atoms with van der Waals surface area (Å²) in [6, 6.07) is 2.00. The number of hydrogen-bond acceptors (Lipinski definition) is 11. The Labute approximate surface area is 204 Å². The minimum absolute atomic E-state index is 0.269. The molecule has 3 N–H and O–H groups in total. The van der Waals surface area contributed by atoms with Crippen molar-refractivity contribution in [3.05, 3.63) is 16.6 Å². The molecule has 2 aromatic heterocycles. The maximum Gasteiger partial charge on any atom is 0.350 e. The fraction of sp³-hybridized carbons (Fsp3) is 0.652. The molecule has 11 heteroatoms. The van der Waals surface area contributed by atoms with Crippen LogP contribution in [-0.4, -0.2) is 76.1 Å². The number of nitrogens with zero attached hydrogens (tertiary/aromatic N) is 5. The van der Waals surface area contributed by atoms with Gasteiger partial charge < -0.3 is 24.7 Å². The third-order valence-corrected chi connectivity index (χ3v) is 7.56. The summed E-state index contributed by atoms with van der Waals surface area (Å²) in [5.74, 6) is 1.96. The molecule has 34 heavy (non-hydrogen) atoms. The van der Waals surface area contributed by atoms with Crippen LogP contribution in [0.4, 0.5) is 22.7 Å². The van der Waals surface area contributed by atoms with Crippen molar-refractivity contribution in [2.75, 3.05) is 47.9 Å². The molecule has 2 aliphatic heterocycles. The molecule has 2 aliphatic rings. The number of hydrogen-bond donors (Lipinski definition) is 3. The van der Waals surface area contributed by atoms with Crippen LogP contribution in [0.25, 0.3) is 0 Å². The van der Waals surface area contributed by atoms with Gasteiger partial charge in [0.15, 0.2) is 5.13 Å². The Morgan fingerprint density at radius 2 is 1.74 bits per heavy atom. The standard InChI is InChI=1S/C23H34N6O4S/c1-4-33-21(32)20-14(2)24-23(34-20)27-22-25-18(28-9-5-16(6-10-28)15(3)30)13-19(26-22)29-11-7-17(31)8-12-29/h13,15-17,30-31H,4-12H2,1-3H3,(H,24,25,26,27). The molecule has 0 radical (unpaired) electrons. The van der Waals surface area contributed by atoms with E-state index in [2.05, 4.69) is 20.1 Å². The van der Waals surface area contributed by atoms with Crippen LogP contribution in [-0.2, 0) is 4.74 Å². The Balaban J connectivity index is 1.59. The Hall–Kier alpha value is -2.50. The third-order valence-electron chi connectivity index (χ3n) is 6.51. The monoisotopic (exact) mass is 490 g/mol. The predicted octanol–water partition coefficient (Wildman–Crippen LogP) is 2.72. The number of ether oxygens (including phenoxy) is 1. The lowest BCUT2D eigenvalue weighted by Gasteiger charge is -2.35. The minimum Gasteiger partial charge on any atom is -0.462 e. The van der Waals surface area contributed by atoms with E-state index in [0.29, 0.717) is 47.0 Å². The van der Waals surface area contributed by atoms with E-state index in [1.165, 1.54) is 11.3 Å². The fourth-order valence-corrected chi connectivity index (χ4v) is 5.29. The lowest BCUT2D eigenvalue weighted by Crippen LogP contribution is -2.38. The zero-order chi connectivity index (χ0) is 24.2. The van der Waals surface area contributed by atoms with Crippen LogP contribution >= 0.6 is 11.3 Å². The summed E-state index contributed by atoms with van der Waals surface area (Å²) in [5, 5.41) is 23.6. The van der Waals surface area contributed by atoms with Gasteiger partial charge in [0.05, 0.1) is 24.5 Å². The Kier molecular flexibility index (Phi) is 7.84. The van der Waals surface area contributed by atoms with Gasteiger partial charge in [-0.05, 0) is 52.4 Å². The lowest BCUT2D eigenvalue weighted by molar-refractivity contribution is 0.0531. The van der Waals surface area contributed by atoms with Crippen molar-refractivity contribution in [2.24, 2.45) is 5.92 Å². The minimum atomic E-state index is -0.381. The molecular formula is C23H34N6O4S. The quantitative estimate of drug-likeness (QED) is 0.499. The fourth-order valence-electron chi connectivity index (χ4n) is 4.44. The number of carbonyl (C=O) groups excluding carboxylic acids is 1. The van der Waals surface area contributed by atoms with Gasteiger partial charge in [0.25, 0.3) is 0 Å².